The van der Waals surface area contributed by atoms with E-state index in [1.807, 2.05) is 43.3 Å². The maximum Gasteiger partial charge on any atom is 0.277 e. The van der Waals surface area contributed by atoms with Gasteiger partial charge in [0.05, 0.1) is 48.3 Å². The number of aromatic nitrogens is 5. The molecule has 1 aliphatic rings. The SMILES string of the molecule is CCOc1ccc(C2CN(c3ncc4sc(CN(C)c5ncc(C(=O)NO)cn5)cc4n3)CCO2)cn1. The molecule has 0 aliphatic carbocycles. The average Bonchev–Trinajstić information content (AvgIpc) is 3.35. The van der Waals surface area contributed by atoms with Gasteiger partial charge in [0, 0.05) is 48.7 Å². The van der Waals surface area contributed by atoms with Gasteiger partial charge in [0.15, 0.2) is 0 Å². The Kier molecular flexibility index (Phi) is 7.35. The van der Waals surface area contributed by atoms with Crippen LogP contribution in [0.5, 0.6) is 5.88 Å². The fourth-order valence-corrected chi connectivity index (χ4v) is 4.99. The van der Waals surface area contributed by atoms with Gasteiger partial charge in [-0.25, -0.2) is 30.4 Å². The quantitative estimate of drug-likeness (QED) is 0.261. The molecule has 1 atom stereocenters. The van der Waals surface area contributed by atoms with Gasteiger partial charge in [-0.3, -0.25) is 10.0 Å². The summed E-state index contributed by atoms with van der Waals surface area (Å²) in [5.41, 5.74) is 3.61. The molecule has 0 bridgehead atoms. The minimum Gasteiger partial charge on any atom is -0.478 e. The normalized spacial score (nSPS) is 15.5. The molecule has 13 heteroatoms. The maximum absolute atomic E-state index is 11.5. The monoisotopic (exact) mass is 522 g/mol. The van der Waals surface area contributed by atoms with Crippen LogP contribution in [0.15, 0.2) is 43.0 Å². The molecule has 37 heavy (non-hydrogen) atoms. The van der Waals surface area contributed by atoms with E-state index < -0.39 is 5.91 Å². The van der Waals surface area contributed by atoms with Crippen LogP contribution in [-0.2, 0) is 11.3 Å². The molecule has 2 N–H and O–H groups in total. The summed E-state index contributed by atoms with van der Waals surface area (Å²) in [5, 5.41) is 8.73. The summed E-state index contributed by atoms with van der Waals surface area (Å²) in [4.78, 5) is 38.8. The molecule has 0 saturated carbocycles. The predicted octanol–water partition coefficient (Wildman–Crippen LogP) is 2.61. The Labute approximate surface area is 216 Å². The first kappa shape index (κ1) is 24.7. The highest BCUT2D eigenvalue weighted by atomic mass is 32.1. The molecule has 5 rings (SSSR count). The molecule has 1 saturated heterocycles. The van der Waals surface area contributed by atoms with Crippen LogP contribution in [0.4, 0.5) is 11.9 Å². The summed E-state index contributed by atoms with van der Waals surface area (Å²) in [6.45, 7) is 4.96. The second-order valence-electron chi connectivity index (χ2n) is 8.37. The average molecular weight is 523 g/mol. The minimum atomic E-state index is -0.657. The molecule has 4 aromatic heterocycles. The van der Waals surface area contributed by atoms with Crippen LogP contribution in [0, 0.1) is 0 Å². The van der Waals surface area contributed by atoms with Crippen molar-refractivity contribution >= 4 is 39.4 Å². The second-order valence-corrected chi connectivity index (χ2v) is 9.54. The zero-order valence-electron chi connectivity index (χ0n) is 20.4. The van der Waals surface area contributed by atoms with Crippen molar-refractivity contribution in [2.24, 2.45) is 0 Å². The zero-order valence-corrected chi connectivity index (χ0v) is 21.2. The van der Waals surface area contributed by atoms with Gasteiger partial charge < -0.3 is 19.3 Å². The summed E-state index contributed by atoms with van der Waals surface area (Å²) >= 11 is 1.61. The van der Waals surface area contributed by atoms with E-state index in [9.17, 15) is 4.79 Å². The fraction of sp³-hybridized carbons (Fsp3) is 0.333. The molecular weight excluding hydrogens is 496 g/mol. The lowest BCUT2D eigenvalue weighted by Crippen LogP contribution is -2.39. The van der Waals surface area contributed by atoms with E-state index in [-0.39, 0.29) is 11.7 Å². The number of amides is 1. The molecule has 4 aromatic rings. The van der Waals surface area contributed by atoms with E-state index in [1.54, 1.807) is 23.0 Å². The zero-order chi connectivity index (χ0) is 25.8. The molecule has 192 valence electrons. The molecular formula is C24H26N8O4S. The van der Waals surface area contributed by atoms with E-state index in [4.69, 9.17) is 19.7 Å². The van der Waals surface area contributed by atoms with E-state index in [2.05, 4.69) is 24.8 Å². The highest BCUT2D eigenvalue weighted by Gasteiger charge is 2.24. The van der Waals surface area contributed by atoms with Crippen LogP contribution < -0.4 is 20.0 Å². The summed E-state index contributed by atoms with van der Waals surface area (Å²) in [7, 11) is 1.87. The van der Waals surface area contributed by atoms with E-state index in [0.29, 0.717) is 50.6 Å². The molecule has 0 aromatic carbocycles. The van der Waals surface area contributed by atoms with Gasteiger partial charge in [0.25, 0.3) is 5.91 Å². The number of hydroxylamine groups is 1. The number of carbonyl (C=O) groups excluding carboxylic acids is 1. The number of thiophene rings is 1. The van der Waals surface area contributed by atoms with E-state index >= 15 is 0 Å². The maximum atomic E-state index is 11.5. The third kappa shape index (κ3) is 5.58. The number of hydrogen-bond donors (Lipinski definition) is 2. The molecule has 1 fully saturated rings. The van der Waals surface area contributed by atoms with Gasteiger partial charge in [-0.05, 0) is 19.1 Å². The number of nitrogens with one attached hydrogen (secondary N) is 1. The van der Waals surface area contributed by atoms with Gasteiger partial charge in [0.2, 0.25) is 17.8 Å². The van der Waals surface area contributed by atoms with Gasteiger partial charge in [0.1, 0.15) is 6.10 Å². The van der Waals surface area contributed by atoms with Crippen LogP contribution in [0.3, 0.4) is 0 Å². The highest BCUT2D eigenvalue weighted by Crippen LogP contribution is 2.29. The van der Waals surface area contributed by atoms with Crippen LogP contribution in [0.2, 0.25) is 0 Å². The Bertz CT molecular complexity index is 1370. The Hall–Kier alpha value is -3.94. The topological polar surface area (TPSA) is 139 Å². The number of carbonyl (C=O) groups is 1. The first-order chi connectivity index (χ1) is 18.0. The smallest absolute Gasteiger partial charge is 0.277 e. The van der Waals surface area contributed by atoms with Crippen molar-refractivity contribution in [1.29, 1.82) is 0 Å². The Morgan fingerprint density at radius 3 is 2.81 bits per heavy atom. The number of rotatable bonds is 8. The lowest BCUT2D eigenvalue weighted by molar-refractivity contribution is 0.0390. The number of hydrogen-bond acceptors (Lipinski definition) is 12. The van der Waals surface area contributed by atoms with Gasteiger partial charge in [-0.15, -0.1) is 11.3 Å². The van der Waals surface area contributed by atoms with Gasteiger partial charge in [-0.1, -0.05) is 0 Å². The van der Waals surface area contributed by atoms with Crippen LogP contribution in [-0.4, -0.2) is 69.4 Å². The van der Waals surface area contributed by atoms with Crippen LogP contribution in [0.1, 0.15) is 33.8 Å². The van der Waals surface area contributed by atoms with Crippen molar-refractivity contribution in [1.82, 2.24) is 30.4 Å². The number of fused-ring (bicyclic) bond motifs is 1. The summed E-state index contributed by atoms with van der Waals surface area (Å²) in [6.07, 6.45) is 6.26. The standard InChI is InChI=1S/C24H26N8O4S/c1-3-35-21-5-4-15(9-25-21)19-14-32(6-7-36-19)24-28-12-20-18(29-24)8-17(37-20)13-31(2)23-26-10-16(11-27-23)22(33)30-34/h4-5,8-12,19,34H,3,6-7,13-14H2,1-2H3,(H,30,33). The molecule has 1 aliphatic heterocycles. The third-order valence-corrected chi connectivity index (χ3v) is 6.86. The third-order valence-electron chi connectivity index (χ3n) is 5.82. The van der Waals surface area contributed by atoms with Crippen molar-refractivity contribution in [2.75, 3.05) is 43.2 Å². The largest absolute Gasteiger partial charge is 0.478 e. The molecule has 0 spiro atoms. The lowest BCUT2D eigenvalue weighted by Gasteiger charge is -2.33. The highest BCUT2D eigenvalue weighted by molar-refractivity contribution is 7.19. The summed E-state index contributed by atoms with van der Waals surface area (Å²) in [6, 6.07) is 5.89. The first-order valence-electron chi connectivity index (χ1n) is 11.7. The van der Waals surface area contributed by atoms with Crippen molar-refractivity contribution in [3.05, 3.63) is 59.0 Å². The second kappa shape index (κ2) is 11.0. The Balaban J connectivity index is 1.27. The van der Waals surface area contributed by atoms with Gasteiger partial charge >= 0.3 is 0 Å². The number of ether oxygens (including phenoxy) is 2. The van der Waals surface area contributed by atoms with E-state index in [0.717, 1.165) is 20.7 Å². The number of nitrogens with zero attached hydrogens (tertiary/aromatic N) is 7. The van der Waals surface area contributed by atoms with Crippen LogP contribution in [0.25, 0.3) is 10.2 Å². The van der Waals surface area contributed by atoms with Crippen molar-refractivity contribution in [2.45, 2.75) is 19.6 Å². The molecule has 1 unspecified atom stereocenters. The molecule has 1 amide bonds. The summed E-state index contributed by atoms with van der Waals surface area (Å²) < 4.78 is 12.4. The first-order valence-corrected chi connectivity index (χ1v) is 12.5. The Morgan fingerprint density at radius 1 is 1.24 bits per heavy atom. The number of anilines is 2. The molecule has 5 heterocycles. The summed E-state index contributed by atoms with van der Waals surface area (Å²) in [5.74, 6) is 1.07. The number of morpholine rings is 1. The van der Waals surface area contributed by atoms with Gasteiger partial charge in [-0.2, -0.15) is 0 Å². The van der Waals surface area contributed by atoms with Crippen molar-refractivity contribution < 1.29 is 19.5 Å². The lowest BCUT2D eigenvalue weighted by atomic mass is 10.1. The fourth-order valence-electron chi connectivity index (χ4n) is 3.96. The molecule has 0 radical (unpaired) electrons. The predicted molar refractivity (Wildman–Crippen MR) is 137 cm³/mol. The van der Waals surface area contributed by atoms with Crippen molar-refractivity contribution in [3.8, 4) is 5.88 Å². The van der Waals surface area contributed by atoms with Crippen molar-refractivity contribution in [3.63, 3.8) is 0 Å². The minimum absolute atomic E-state index is 0.127. The Morgan fingerprint density at radius 2 is 2.08 bits per heavy atom. The van der Waals surface area contributed by atoms with Crippen LogP contribution >= 0.6 is 11.3 Å². The molecule has 12 nitrogen and oxygen atoms in total. The van der Waals surface area contributed by atoms with E-state index in [1.165, 1.54) is 12.4 Å². The number of pyridine rings is 1.